The Bertz CT molecular complexity index is 77.0. The average molecular weight is 131 g/mol. The third kappa shape index (κ3) is 1.88. The van der Waals surface area contributed by atoms with E-state index < -0.39 is 0 Å². The fourth-order valence-electron chi connectivity index (χ4n) is 0.754. The highest BCUT2D eigenvalue weighted by atomic mass is 15.4. The first-order valence-corrected chi connectivity index (χ1v) is 2.97. The highest BCUT2D eigenvalue weighted by Crippen LogP contribution is 1.85. The van der Waals surface area contributed by atoms with Crippen LogP contribution in [0.4, 0.5) is 0 Å². The molecule has 0 aromatic heterocycles. The van der Waals surface area contributed by atoms with Gasteiger partial charge in [0.2, 0.25) is 0 Å². The molecule has 1 heterocycles. The molecular formula is C4H13N5. The molecule has 0 unspecified atom stereocenters. The lowest BCUT2D eigenvalue weighted by atomic mass is 10.6. The Morgan fingerprint density at radius 3 is 2.11 bits per heavy atom. The predicted octanol–water partition coefficient (Wildman–Crippen LogP) is -2.45. The van der Waals surface area contributed by atoms with Gasteiger partial charge in [0.1, 0.15) is 6.29 Å². The van der Waals surface area contributed by atoms with Crippen molar-refractivity contribution >= 4 is 0 Å². The van der Waals surface area contributed by atoms with Gasteiger partial charge < -0.3 is 11.5 Å². The zero-order valence-corrected chi connectivity index (χ0v) is 5.30. The van der Waals surface area contributed by atoms with Gasteiger partial charge in [0.25, 0.3) is 0 Å². The summed E-state index contributed by atoms with van der Waals surface area (Å²) < 4.78 is 0. The zero-order valence-electron chi connectivity index (χ0n) is 5.30. The summed E-state index contributed by atoms with van der Waals surface area (Å²) >= 11 is 0. The van der Waals surface area contributed by atoms with Crippen LogP contribution in [0.1, 0.15) is 0 Å². The van der Waals surface area contributed by atoms with Crippen molar-refractivity contribution in [2.75, 3.05) is 20.0 Å². The first-order chi connectivity index (χ1) is 4.30. The lowest BCUT2D eigenvalue weighted by molar-refractivity contribution is 0.140. The van der Waals surface area contributed by atoms with Gasteiger partial charge in [0.15, 0.2) is 0 Å². The molecule has 0 saturated carbocycles. The Labute approximate surface area is 54.4 Å². The predicted molar refractivity (Wildman–Crippen MR) is 34.9 cm³/mol. The molecule has 0 aromatic carbocycles. The van der Waals surface area contributed by atoms with E-state index in [0.717, 1.165) is 20.0 Å². The summed E-state index contributed by atoms with van der Waals surface area (Å²) in [6, 6.07) is 0. The third-order valence-corrected chi connectivity index (χ3v) is 1.30. The van der Waals surface area contributed by atoms with Gasteiger partial charge in [-0.05, 0) is 0 Å². The monoisotopic (exact) mass is 131 g/mol. The number of nitrogens with zero attached hydrogens (tertiary/aromatic N) is 1. The highest BCUT2D eigenvalue weighted by molar-refractivity contribution is 4.61. The van der Waals surface area contributed by atoms with Gasteiger partial charge >= 0.3 is 0 Å². The molecule has 0 amide bonds. The van der Waals surface area contributed by atoms with Crippen molar-refractivity contribution in [3.05, 3.63) is 0 Å². The molecule has 1 aliphatic rings. The first kappa shape index (κ1) is 6.91. The molecule has 5 heteroatoms. The normalized spacial score (nSPS) is 23.0. The van der Waals surface area contributed by atoms with Crippen LogP contribution >= 0.6 is 0 Å². The number of hydrogen-bond donors (Lipinski definition) is 4. The van der Waals surface area contributed by atoms with Crippen molar-refractivity contribution in [1.82, 2.24) is 15.5 Å². The molecule has 0 aromatic rings. The summed E-state index contributed by atoms with van der Waals surface area (Å²) in [7, 11) is 0. The molecule has 1 saturated heterocycles. The molecule has 6 N–H and O–H groups in total. The summed E-state index contributed by atoms with van der Waals surface area (Å²) in [5.74, 6) is 0. The minimum atomic E-state index is -0.356. The van der Waals surface area contributed by atoms with Crippen LogP contribution in [0, 0.1) is 0 Å². The van der Waals surface area contributed by atoms with Crippen LogP contribution in [0.15, 0.2) is 0 Å². The number of nitrogens with two attached hydrogens (primary N) is 2. The zero-order chi connectivity index (χ0) is 6.69. The Balaban J connectivity index is 2.23. The third-order valence-electron chi connectivity index (χ3n) is 1.30. The van der Waals surface area contributed by atoms with Crippen molar-refractivity contribution in [1.29, 1.82) is 0 Å². The second-order valence-corrected chi connectivity index (χ2v) is 2.07. The van der Waals surface area contributed by atoms with Gasteiger partial charge in [0, 0.05) is 6.67 Å². The van der Waals surface area contributed by atoms with Crippen LogP contribution in [0.25, 0.3) is 0 Å². The fraction of sp³-hybridized carbons (Fsp3) is 1.00. The standard InChI is InChI=1S/C4H13N5/c5-4(6)9-2-7-1-8-3-9/h4,7-8H,1-3,5-6H2. The molecule has 0 atom stereocenters. The summed E-state index contributed by atoms with van der Waals surface area (Å²) in [6.45, 7) is 2.37. The molecule has 0 radical (unpaired) electrons. The van der Waals surface area contributed by atoms with E-state index >= 15 is 0 Å². The quantitative estimate of drug-likeness (QED) is 0.297. The average Bonchev–Trinajstić information content (AvgIpc) is 1.90. The number of hydrogen-bond acceptors (Lipinski definition) is 5. The van der Waals surface area contributed by atoms with Crippen LogP contribution in [0.5, 0.6) is 0 Å². The number of nitrogens with one attached hydrogen (secondary N) is 2. The Morgan fingerprint density at radius 2 is 1.78 bits per heavy atom. The minimum absolute atomic E-state index is 0.356. The smallest absolute Gasteiger partial charge is 0.111 e. The lowest BCUT2D eigenvalue weighted by Gasteiger charge is -2.30. The summed E-state index contributed by atoms with van der Waals surface area (Å²) in [5, 5.41) is 6.14. The van der Waals surface area contributed by atoms with Crippen molar-refractivity contribution in [3.63, 3.8) is 0 Å². The molecule has 1 fully saturated rings. The van der Waals surface area contributed by atoms with E-state index in [0.29, 0.717) is 0 Å². The second kappa shape index (κ2) is 3.09. The molecule has 9 heavy (non-hydrogen) atoms. The Kier molecular flexibility index (Phi) is 2.38. The van der Waals surface area contributed by atoms with Crippen molar-refractivity contribution in [2.45, 2.75) is 6.29 Å². The molecule has 0 bridgehead atoms. The van der Waals surface area contributed by atoms with Crippen LogP contribution in [0.2, 0.25) is 0 Å². The van der Waals surface area contributed by atoms with Gasteiger partial charge in [0.05, 0.1) is 13.3 Å². The Hall–Kier alpha value is -0.200. The summed E-state index contributed by atoms with van der Waals surface area (Å²) in [4.78, 5) is 1.89. The lowest BCUT2D eigenvalue weighted by Crippen LogP contribution is -2.60. The highest BCUT2D eigenvalue weighted by Gasteiger charge is 2.11. The molecule has 0 aliphatic carbocycles. The molecule has 0 spiro atoms. The van der Waals surface area contributed by atoms with E-state index in [1.165, 1.54) is 0 Å². The van der Waals surface area contributed by atoms with Gasteiger partial charge in [-0.2, -0.15) is 0 Å². The van der Waals surface area contributed by atoms with Gasteiger partial charge in [-0.25, -0.2) is 0 Å². The fourth-order valence-corrected chi connectivity index (χ4v) is 0.754. The molecule has 5 nitrogen and oxygen atoms in total. The van der Waals surface area contributed by atoms with Crippen molar-refractivity contribution in [2.24, 2.45) is 11.5 Å². The maximum absolute atomic E-state index is 5.39. The maximum Gasteiger partial charge on any atom is 0.111 e. The van der Waals surface area contributed by atoms with E-state index in [2.05, 4.69) is 10.6 Å². The molecular weight excluding hydrogens is 118 g/mol. The molecule has 54 valence electrons. The van der Waals surface area contributed by atoms with Gasteiger partial charge in [-0.1, -0.05) is 0 Å². The van der Waals surface area contributed by atoms with Crippen LogP contribution in [0.3, 0.4) is 0 Å². The largest absolute Gasteiger partial charge is 0.304 e. The summed E-state index contributed by atoms with van der Waals surface area (Å²) in [5.41, 5.74) is 10.8. The topological polar surface area (TPSA) is 79.3 Å². The minimum Gasteiger partial charge on any atom is -0.304 e. The number of rotatable bonds is 1. The van der Waals surface area contributed by atoms with Crippen LogP contribution in [-0.2, 0) is 0 Å². The Morgan fingerprint density at radius 1 is 1.22 bits per heavy atom. The summed E-state index contributed by atoms with van der Waals surface area (Å²) in [6.07, 6.45) is -0.356. The van der Waals surface area contributed by atoms with E-state index in [-0.39, 0.29) is 6.29 Å². The van der Waals surface area contributed by atoms with Crippen molar-refractivity contribution in [3.8, 4) is 0 Å². The van der Waals surface area contributed by atoms with E-state index in [1.54, 1.807) is 0 Å². The van der Waals surface area contributed by atoms with E-state index in [1.807, 2.05) is 4.90 Å². The SMILES string of the molecule is NC(N)N1CNCNC1. The van der Waals surface area contributed by atoms with Crippen LogP contribution < -0.4 is 22.1 Å². The van der Waals surface area contributed by atoms with E-state index in [4.69, 9.17) is 11.5 Å². The van der Waals surface area contributed by atoms with E-state index in [9.17, 15) is 0 Å². The first-order valence-electron chi connectivity index (χ1n) is 2.97. The van der Waals surface area contributed by atoms with Crippen molar-refractivity contribution < 1.29 is 0 Å². The second-order valence-electron chi connectivity index (χ2n) is 2.07. The molecule has 1 aliphatic heterocycles. The maximum atomic E-state index is 5.39. The van der Waals surface area contributed by atoms with Gasteiger partial charge in [-0.3, -0.25) is 15.5 Å². The van der Waals surface area contributed by atoms with Gasteiger partial charge in [-0.15, -0.1) is 0 Å². The molecule has 1 rings (SSSR count). The van der Waals surface area contributed by atoms with Crippen LogP contribution in [-0.4, -0.2) is 31.2 Å².